The summed E-state index contributed by atoms with van der Waals surface area (Å²) in [6, 6.07) is 27.3. The molecule has 0 aromatic heterocycles. The van der Waals surface area contributed by atoms with E-state index < -0.39 is 6.04 Å². The number of rotatable bonds is 5. The summed E-state index contributed by atoms with van der Waals surface area (Å²) in [5.41, 5.74) is 3.45. The average molecular weight is 412 g/mol. The number of hydrogen-bond acceptors (Lipinski definition) is 2. The number of fused-ring (bicyclic) bond motifs is 1. The molecule has 0 aliphatic carbocycles. The molecule has 0 heterocycles. The molecule has 156 valence electrons. The molecule has 0 amide bonds. The van der Waals surface area contributed by atoms with Gasteiger partial charge < -0.3 is 5.32 Å². The normalized spacial score (nSPS) is 12.5. The predicted molar refractivity (Wildman–Crippen MR) is 126 cm³/mol. The first-order valence-corrected chi connectivity index (χ1v) is 10.5. The van der Waals surface area contributed by atoms with Gasteiger partial charge in [0, 0.05) is 11.3 Å². The van der Waals surface area contributed by atoms with Gasteiger partial charge in [-0.15, -0.1) is 0 Å². The summed E-state index contributed by atoms with van der Waals surface area (Å²) >= 11 is 0. The Morgan fingerprint density at radius 2 is 1.45 bits per heavy atom. The fourth-order valence-corrected chi connectivity index (χ4v) is 3.70. The number of benzene rings is 4. The van der Waals surface area contributed by atoms with Crippen molar-refractivity contribution in [1.29, 1.82) is 0 Å². The van der Waals surface area contributed by atoms with Crippen molar-refractivity contribution >= 4 is 22.2 Å². The number of Topliss-reactive ketones (excluding diaryl/α,β-unsaturated/α-hetero) is 1. The van der Waals surface area contributed by atoms with Gasteiger partial charge in [0.05, 0.1) is 0 Å². The highest BCUT2D eigenvalue weighted by molar-refractivity contribution is 6.04. The Morgan fingerprint density at radius 1 is 0.806 bits per heavy atom. The molecule has 2 nitrogen and oxygen atoms in total. The van der Waals surface area contributed by atoms with Gasteiger partial charge in [-0.1, -0.05) is 81.4 Å². The molecule has 0 radical (unpaired) electrons. The maximum atomic E-state index is 13.5. The van der Waals surface area contributed by atoms with Gasteiger partial charge in [-0.05, 0) is 57.6 Å². The molecule has 3 heteroatoms. The summed E-state index contributed by atoms with van der Waals surface area (Å²) < 4.78 is 13.5. The van der Waals surface area contributed by atoms with Crippen LogP contribution < -0.4 is 5.32 Å². The van der Waals surface area contributed by atoms with Crippen LogP contribution in [0.4, 0.5) is 10.1 Å². The minimum Gasteiger partial charge on any atom is -0.371 e. The Labute approximate surface area is 182 Å². The molecule has 0 saturated carbocycles. The maximum absolute atomic E-state index is 13.5. The second kappa shape index (κ2) is 8.35. The second-order valence-electron chi connectivity index (χ2n) is 8.88. The quantitative estimate of drug-likeness (QED) is 0.349. The van der Waals surface area contributed by atoms with Crippen molar-refractivity contribution in [3.8, 4) is 0 Å². The summed E-state index contributed by atoms with van der Waals surface area (Å²) in [6.45, 7) is 6.50. The molecule has 1 atom stereocenters. The molecular weight excluding hydrogens is 385 g/mol. The van der Waals surface area contributed by atoms with Crippen molar-refractivity contribution in [2.45, 2.75) is 32.2 Å². The van der Waals surface area contributed by atoms with Gasteiger partial charge in [0.25, 0.3) is 0 Å². The van der Waals surface area contributed by atoms with Crippen LogP contribution in [-0.4, -0.2) is 5.78 Å². The van der Waals surface area contributed by atoms with Gasteiger partial charge in [0.15, 0.2) is 5.78 Å². The van der Waals surface area contributed by atoms with Crippen molar-refractivity contribution in [2.75, 3.05) is 5.32 Å². The Morgan fingerprint density at radius 3 is 2.10 bits per heavy atom. The number of anilines is 1. The lowest BCUT2D eigenvalue weighted by Crippen LogP contribution is -2.21. The summed E-state index contributed by atoms with van der Waals surface area (Å²) in [7, 11) is 0. The van der Waals surface area contributed by atoms with Crippen LogP contribution in [0.2, 0.25) is 0 Å². The van der Waals surface area contributed by atoms with E-state index in [0.29, 0.717) is 5.56 Å². The van der Waals surface area contributed by atoms with E-state index in [0.717, 1.165) is 22.0 Å². The summed E-state index contributed by atoms with van der Waals surface area (Å²) in [6.07, 6.45) is 0. The zero-order valence-electron chi connectivity index (χ0n) is 18.0. The van der Waals surface area contributed by atoms with E-state index in [9.17, 15) is 9.18 Å². The highest BCUT2D eigenvalue weighted by Gasteiger charge is 2.23. The van der Waals surface area contributed by atoms with Crippen molar-refractivity contribution < 1.29 is 9.18 Å². The highest BCUT2D eigenvalue weighted by Crippen LogP contribution is 2.28. The molecule has 4 aromatic carbocycles. The molecular formula is C28H26FNO. The Hall–Kier alpha value is -3.46. The molecule has 0 aliphatic heterocycles. The maximum Gasteiger partial charge on any atom is 0.189 e. The molecule has 4 rings (SSSR count). The van der Waals surface area contributed by atoms with Gasteiger partial charge in [-0.3, -0.25) is 4.79 Å². The fraction of sp³-hybridized carbons (Fsp3) is 0.179. The van der Waals surface area contributed by atoms with Gasteiger partial charge in [-0.25, -0.2) is 4.39 Å². The smallest absolute Gasteiger partial charge is 0.189 e. The van der Waals surface area contributed by atoms with Crippen LogP contribution in [0, 0.1) is 5.82 Å². The lowest BCUT2D eigenvalue weighted by atomic mass is 9.87. The first-order valence-electron chi connectivity index (χ1n) is 10.5. The SMILES string of the molecule is CC(C)(C)c1ccc(NC(C(=O)c2ccc3ccccc3c2)c2ccc(F)cc2)cc1. The number of carbonyl (C=O) groups excluding carboxylic acids is 1. The number of carbonyl (C=O) groups is 1. The summed E-state index contributed by atoms with van der Waals surface area (Å²) in [4.78, 5) is 13.5. The lowest BCUT2D eigenvalue weighted by molar-refractivity contribution is 0.0969. The number of nitrogens with one attached hydrogen (secondary N) is 1. The van der Waals surface area contributed by atoms with Crippen molar-refractivity contribution in [3.05, 3.63) is 114 Å². The van der Waals surface area contributed by atoms with Crippen molar-refractivity contribution in [2.24, 2.45) is 0 Å². The van der Waals surface area contributed by atoms with Crippen LogP contribution in [0.15, 0.2) is 91.0 Å². The van der Waals surface area contributed by atoms with E-state index in [2.05, 4.69) is 38.2 Å². The molecule has 0 bridgehead atoms. The zero-order valence-corrected chi connectivity index (χ0v) is 18.0. The van der Waals surface area contributed by atoms with Crippen molar-refractivity contribution in [1.82, 2.24) is 0 Å². The Balaban J connectivity index is 1.69. The zero-order chi connectivity index (χ0) is 22.0. The lowest BCUT2D eigenvalue weighted by Gasteiger charge is -2.22. The minimum absolute atomic E-state index is 0.0514. The van der Waals surface area contributed by atoms with Gasteiger partial charge in [-0.2, -0.15) is 0 Å². The molecule has 31 heavy (non-hydrogen) atoms. The van der Waals surface area contributed by atoms with Crippen LogP contribution in [-0.2, 0) is 5.41 Å². The summed E-state index contributed by atoms with van der Waals surface area (Å²) in [5, 5.41) is 5.47. The standard InChI is InChI=1S/C28H26FNO/c1-28(2,3)23-12-16-25(17-13-23)30-26(20-10-14-24(29)15-11-20)27(31)22-9-8-19-6-4-5-7-21(19)18-22/h4-18,26,30H,1-3H3. The third-order valence-electron chi connectivity index (χ3n) is 5.56. The molecule has 0 aliphatic rings. The van der Waals surface area contributed by atoms with Gasteiger partial charge >= 0.3 is 0 Å². The molecule has 0 fully saturated rings. The minimum atomic E-state index is -0.623. The van der Waals surface area contributed by atoms with Gasteiger partial charge in [0.1, 0.15) is 11.9 Å². The molecule has 1 unspecified atom stereocenters. The monoisotopic (exact) mass is 411 g/mol. The van der Waals surface area contributed by atoms with E-state index in [-0.39, 0.29) is 17.0 Å². The average Bonchev–Trinajstić information content (AvgIpc) is 2.77. The van der Waals surface area contributed by atoms with Crippen LogP contribution >= 0.6 is 0 Å². The fourth-order valence-electron chi connectivity index (χ4n) is 3.70. The molecule has 1 N–H and O–H groups in total. The molecule has 0 spiro atoms. The predicted octanol–water partition coefficient (Wildman–Crippen LogP) is 7.31. The van der Waals surface area contributed by atoms with E-state index in [4.69, 9.17) is 0 Å². The molecule has 0 saturated heterocycles. The number of hydrogen-bond donors (Lipinski definition) is 1. The Bertz CT molecular complexity index is 1200. The van der Waals surface area contributed by atoms with Crippen LogP contribution in [0.5, 0.6) is 0 Å². The molecule has 4 aromatic rings. The van der Waals surface area contributed by atoms with E-state index in [1.165, 1.54) is 17.7 Å². The third kappa shape index (κ3) is 4.66. The topological polar surface area (TPSA) is 29.1 Å². The van der Waals surface area contributed by atoms with Gasteiger partial charge in [0.2, 0.25) is 0 Å². The van der Waals surface area contributed by atoms with E-state index >= 15 is 0 Å². The number of halogens is 1. The van der Waals surface area contributed by atoms with Crippen LogP contribution in [0.25, 0.3) is 10.8 Å². The Kier molecular flexibility index (Phi) is 5.60. The van der Waals surface area contributed by atoms with Crippen LogP contribution in [0.1, 0.15) is 48.3 Å². The third-order valence-corrected chi connectivity index (χ3v) is 5.56. The first-order chi connectivity index (χ1) is 14.8. The largest absolute Gasteiger partial charge is 0.371 e. The van der Waals surface area contributed by atoms with E-state index in [1.54, 1.807) is 12.1 Å². The van der Waals surface area contributed by atoms with Crippen LogP contribution in [0.3, 0.4) is 0 Å². The number of ketones is 1. The highest BCUT2D eigenvalue weighted by atomic mass is 19.1. The van der Waals surface area contributed by atoms with Crippen molar-refractivity contribution in [3.63, 3.8) is 0 Å². The second-order valence-corrected chi connectivity index (χ2v) is 8.88. The van der Waals surface area contributed by atoms with E-state index in [1.807, 2.05) is 54.6 Å². The first kappa shape index (κ1) is 20.8. The summed E-state index contributed by atoms with van der Waals surface area (Å²) in [5.74, 6) is -0.382.